The topological polar surface area (TPSA) is 50.7 Å². The van der Waals surface area contributed by atoms with E-state index in [1.54, 1.807) is 0 Å². The van der Waals surface area contributed by atoms with Gasteiger partial charge in [-0.2, -0.15) is 0 Å². The second kappa shape index (κ2) is 7.17. The SMILES string of the molecule is CC(C)OCCOCC(O)CNC1CC1. The van der Waals surface area contributed by atoms with E-state index in [4.69, 9.17) is 9.47 Å². The molecule has 4 nitrogen and oxygen atoms in total. The van der Waals surface area contributed by atoms with E-state index in [1.165, 1.54) is 12.8 Å². The predicted octanol–water partition coefficient (Wildman–Crippen LogP) is 0.541. The number of aliphatic hydroxyl groups excluding tert-OH is 1. The van der Waals surface area contributed by atoms with Gasteiger partial charge in [-0.3, -0.25) is 0 Å². The average molecular weight is 217 g/mol. The molecule has 0 spiro atoms. The first kappa shape index (κ1) is 12.9. The van der Waals surface area contributed by atoms with Crippen molar-refractivity contribution in [1.29, 1.82) is 0 Å². The van der Waals surface area contributed by atoms with Crippen LogP contribution in [0.3, 0.4) is 0 Å². The van der Waals surface area contributed by atoms with Gasteiger partial charge in [-0.25, -0.2) is 0 Å². The fourth-order valence-electron chi connectivity index (χ4n) is 1.21. The van der Waals surface area contributed by atoms with Crippen LogP contribution >= 0.6 is 0 Å². The Labute approximate surface area is 92.0 Å². The van der Waals surface area contributed by atoms with Crippen LogP contribution in [0.1, 0.15) is 26.7 Å². The van der Waals surface area contributed by atoms with Crippen molar-refractivity contribution in [2.75, 3.05) is 26.4 Å². The maximum atomic E-state index is 9.51. The summed E-state index contributed by atoms with van der Waals surface area (Å²) in [4.78, 5) is 0. The van der Waals surface area contributed by atoms with Crippen LogP contribution in [0, 0.1) is 0 Å². The fourth-order valence-corrected chi connectivity index (χ4v) is 1.21. The molecule has 4 heteroatoms. The van der Waals surface area contributed by atoms with E-state index in [1.807, 2.05) is 13.8 Å². The van der Waals surface area contributed by atoms with Gasteiger partial charge >= 0.3 is 0 Å². The Hall–Kier alpha value is -0.160. The van der Waals surface area contributed by atoms with Crippen molar-refractivity contribution in [2.45, 2.75) is 44.9 Å². The Kier molecular flexibility index (Phi) is 6.17. The molecule has 0 radical (unpaired) electrons. The van der Waals surface area contributed by atoms with Crippen LogP contribution in [0.2, 0.25) is 0 Å². The number of aliphatic hydroxyl groups is 1. The standard InChI is InChI=1S/C11H23NO3/c1-9(2)15-6-5-14-8-11(13)7-12-10-3-4-10/h9-13H,3-8H2,1-2H3. The van der Waals surface area contributed by atoms with Crippen LogP contribution in [-0.4, -0.2) is 49.7 Å². The van der Waals surface area contributed by atoms with Gasteiger partial charge in [0.15, 0.2) is 0 Å². The molecule has 0 aliphatic heterocycles. The number of nitrogens with one attached hydrogen (secondary N) is 1. The second-order valence-electron chi connectivity index (χ2n) is 4.33. The molecule has 1 aliphatic rings. The van der Waals surface area contributed by atoms with Crippen LogP contribution in [0.5, 0.6) is 0 Å². The molecule has 2 N–H and O–H groups in total. The molecular weight excluding hydrogens is 194 g/mol. The molecule has 1 rings (SSSR count). The van der Waals surface area contributed by atoms with Crippen molar-refractivity contribution in [2.24, 2.45) is 0 Å². The maximum Gasteiger partial charge on any atom is 0.0897 e. The predicted molar refractivity (Wildman–Crippen MR) is 58.9 cm³/mol. The summed E-state index contributed by atoms with van der Waals surface area (Å²) in [7, 11) is 0. The number of rotatable bonds is 9. The third-order valence-corrected chi connectivity index (χ3v) is 2.21. The fraction of sp³-hybridized carbons (Fsp3) is 1.00. The Morgan fingerprint density at radius 3 is 2.67 bits per heavy atom. The molecule has 0 aromatic carbocycles. The average Bonchev–Trinajstić information content (AvgIpc) is 2.97. The Balaban J connectivity index is 1.81. The van der Waals surface area contributed by atoms with E-state index in [2.05, 4.69) is 5.32 Å². The quantitative estimate of drug-likeness (QED) is 0.554. The third kappa shape index (κ3) is 7.73. The lowest BCUT2D eigenvalue weighted by atomic mass is 10.4. The van der Waals surface area contributed by atoms with E-state index in [-0.39, 0.29) is 6.10 Å². The Morgan fingerprint density at radius 1 is 1.33 bits per heavy atom. The first-order valence-corrected chi connectivity index (χ1v) is 5.79. The number of hydrogen-bond acceptors (Lipinski definition) is 4. The zero-order valence-electron chi connectivity index (χ0n) is 9.74. The summed E-state index contributed by atoms with van der Waals surface area (Å²) in [6, 6.07) is 0.643. The van der Waals surface area contributed by atoms with Gasteiger partial charge in [0, 0.05) is 12.6 Å². The molecule has 15 heavy (non-hydrogen) atoms. The van der Waals surface area contributed by atoms with Crippen molar-refractivity contribution >= 4 is 0 Å². The Morgan fingerprint density at radius 2 is 2.07 bits per heavy atom. The van der Waals surface area contributed by atoms with Crippen molar-refractivity contribution in [1.82, 2.24) is 5.32 Å². The zero-order chi connectivity index (χ0) is 11.1. The van der Waals surface area contributed by atoms with Gasteiger partial charge in [0.25, 0.3) is 0 Å². The largest absolute Gasteiger partial charge is 0.389 e. The highest BCUT2D eigenvalue weighted by molar-refractivity contribution is 4.81. The lowest BCUT2D eigenvalue weighted by molar-refractivity contribution is -0.0100. The highest BCUT2D eigenvalue weighted by Crippen LogP contribution is 2.18. The van der Waals surface area contributed by atoms with Crippen molar-refractivity contribution in [3.63, 3.8) is 0 Å². The van der Waals surface area contributed by atoms with Crippen molar-refractivity contribution in [3.05, 3.63) is 0 Å². The molecule has 0 aromatic heterocycles. The van der Waals surface area contributed by atoms with Crippen LogP contribution < -0.4 is 5.32 Å². The summed E-state index contributed by atoms with van der Waals surface area (Å²) in [6.07, 6.45) is 2.34. The number of ether oxygens (including phenoxy) is 2. The van der Waals surface area contributed by atoms with Gasteiger partial charge < -0.3 is 19.9 Å². The number of hydrogen-bond donors (Lipinski definition) is 2. The van der Waals surface area contributed by atoms with E-state index in [0.717, 1.165) is 0 Å². The van der Waals surface area contributed by atoms with Gasteiger partial charge in [0.2, 0.25) is 0 Å². The Bertz CT molecular complexity index is 160. The molecule has 1 fully saturated rings. The molecule has 0 bridgehead atoms. The smallest absolute Gasteiger partial charge is 0.0897 e. The van der Waals surface area contributed by atoms with Gasteiger partial charge in [0.1, 0.15) is 0 Å². The summed E-state index contributed by atoms with van der Waals surface area (Å²) >= 11 is 0. The molecule has 0 aromatic rings. The third-order valence-electron chi connectivity index (χ3n) is 2.21. The van der Waals surface area contributed by atoms with Gasteiger partial charge in [-0.1, -0.05) is 0 Å². The summed E-state index contributed by atoms with van der Waals surface area (Å²) in [5.41, 5.74) is 0. The van der Waals surface area contributed by atoms with Crippen LogP contribution in [-0.2, 0) is 9.47 Å². The van der Waals surface area contributed by atoms with Crippen molar-refractivity contribution in [3.8, 4) is 0 Å². The molecule has 0 heterocycles. The van der Waals surface area contributed by atoms with Crippen LogP contribution in [0.4, 0.5) is 0 Å². The normalized spacial score (nSPS) is 18.4. The minimum atomic E-state index is -0.398. The van der Waals surface area contributed by atoms with E-state index >= 15 is 0 Å². The molecule has 1 atom stereocenters. The maximum absolute atomic E-state index is 9.51. The molecule has 0 saturated heterocycles. The summed E-state index contributed by atoms with van der Waals surface area (Å²) in [5.74, 6) is 0. The summed E-state index contributed by atoms with van der Waals surface area (Å²) in [5, 5.41) is 12.8. The van der Waals surface area contributed by atoms with E-state index in [9.17, 15) is 5.11 Å². The second-order valence-corrected chi connectivity index (χ2v) is 4.33. The van der Waals surface area contributed by atoms with Crippen molar-refractivity contribution < 1.29 is 14.6 Å². The monoisotopic (exact) mass is 217 g/mol. The molecule has 1 aliphatic carbocycles. The lowest BCUT2D eigenvalue weighted by Gasteiger charge is -2.12. The molecule has 1 unspecified atom stereocenters. The molecule has 90 valence electrons. The van der Waals surface area contributed by atoms with Gasteiger partial charge in [-0.15, -0.1) is 0 Å². The highest BCUT2D eigenvalue weighted by Gasteiger charge is 2.21. The molecule has 1 saturated carbocycles. The first-order chi connectivity index (χ1) is 7.18. The molecule has 0 amide bonds. The minimum absolute atomic E-state index is 0.245. The van der Waals surface area contributed by atoms with Gasteiger partial charge in [0.05, 0.1) is 32.0 Å². The summed E-state index contributed by atoms with van der Waals surface area (Å²) < 4.78 is 10.6. The van der Waals surface area contributed by atoms with Crippen LogP contribution in [0.25, 0.3) is 0 Å². The van der Waals surface area contributed by atoms with Crippen LogP contribution in [0.15, 0.2) is 0 Å². The van der Waals surface area contributed by atoms with E-state index < -0.39 is 6.10 Å². The first-order valence-electron chi connectivity index (χ1n) is 5.79. The highest BCUT2D eigenvalue weighted by atomic mass is 16.5. The minimum Gasteiger partial charge on any atom is -0.389 e. The zero-order valence-corrected chi connectivity index (χ0v) is 9.74. The lowest BCUT2D eigenvalue weighted by Crippen LogP contribution is -2.32. The molecular formula is C11H23NO3. The van der Waals surface area contributed by atoms with E-state index in [0.29, 0.717) is 32.4 Å². The summed E-state index contributed by atoms with van der Waals surface area (Å²) in [6.45, 7) is 6.17. The van der Waals surface area contributed by atoms with Gasteiger partial charge in [-0.05, 0) is 26.7 Å².